The van der Waals surface area contributed by atoms with Crippen molar-refractivity contribution in [3.63, 3.8) is 0 Å². The molecule has 0 unspecified atom stereocenters. The lowest BCUT2D eigenvalue weighted by molar-refractivity contribution is 0.0992. The predicted molar refractivity (Wildman–Crippen MR) is 112 cm³/mol. The van der Waals surface area contributed by atoms with E-state index >= 15 is 0 Å². The van der Waals surface area contributed by atoms with Crippen molar-refractivity contribution < 1.29 is 22.7 Å². The molecule has 0 bridgehead atoms. The third-order valence-corrected chi connectivity index (χ3v) is 6.09. The summed E-state index contributed by atoms with van der Waals surface area (Å²) in [6.45, 7) is 0. The van der Waals surface area contributed by atoms with E-state index in [-0.39, 0.29) is 21.9 Å². The smallest absolute Gasteiger partial charge is 0.263 e. The third kappa shape index (κ3) is 3.53. The fraction of sp³-hybridized carbons (Fsp3) is 0.100. The molecule has 0 saturated heterocycles. The molecule has 0 atom stereocenters. The molecule has 3 aromatic rings. The molecule has 0 radical (unpaired) electrons. The van der Waals surface area contributed by atoms with Gasteiger partial charge in [-0.05, 0) is 48.5 Å². The number of rotatable bonds is 4. The number of nitrogens with one attached hydrogen (secondary N) is 1. The molecule has 1 aliphatic rings. The average molecular weight is 446 g/mol. The number of hydrogen-bond donors (Lipinski definition) is 1. The molecular weight excluding hydrogens is 430 g/mol. The highest BCUT2D eigenvalue weighted by atomic mass is 35.5. The summed E-state index contributed by atoms with van der Waals surface area (Å²) in [5.74, 6) is 0.825. The molecule has 1 aliphatic heterocycles. The first-order chi connectivity index (χ1) is 14.3. The van der Waals surface area contributed by atoms with Crippen LogP contribution in [0.4, 0.5) is 11.5 Å². The predicted octanol–water partition coefficient (Wildman–Crippen LogP) is 3.93. The Labute approximate surface area is 178 Å². The van der Waals surface area contributed by atoms with Gasteiger partial charge in [-0.2, -0.15) is 0 Å². The van der Waals surface area contributed by atoms with Gasteiger partial charge < -0.3 is 9.47 Å². The Morgan fingerprint density at radius 1 is 1.13 bits per heavy atom. The normalized spacial score (nSPS) is 13.0. The molecule has 2 heterocycles. The lowest BCUT2D eigenvalue weighted by atomic mass is 10.2. The maximum Gasteiger partial charge on any atom is 0.263 e. The van der Waals surface area contributed by atoms with Crippen LogP contribution >= 0.6 is 11.6 Å². The molecule has 154 valence electrons. The zero-order chi connectivity index (χ0) is 21.5. The number of ether oxygens (including phenoxy) is 2. The summed E-state index contributed by atoms with van der Waals surface area (Å²) < 4.78 is 39.4. The van der Waals surface area contributed by atoms with Gasteiger partial charge in [-0.1, -0.05) is 11.6 Å². The highest BCUT2D eigenvalue weighted by molar-refractivity contribution is 7.92. The number of carbonyl (C=O) groups is 1. The highest BCUT2D eigenvalue weighted by Crippen LogP contribution is 2.38. The molecule has 1 amide bonds. The highest BCUT2D eigenvalue weighted by Gasteiger charge is 2.28. The van der Waals surface area contributed by atoms with Gasteiger partial charge in [0.2, 0.25) is 0 Å². The third-order valence-electron chi connectivity index (χ3n) is 4.49. The van der Waals surface area contributed by atoms with Crippen LogP contribution < -0.4 is 19.1 Å². The molecule has 2 aromatic carbocycles. The SMILES string of the molecule is COc1ccc(Cl)cc1NS(=O)(=O)c1ccc2c(c1)C(=O)N(C)c1ncccc1O2. The second-order valence-corrected chi connectivity index (χ2v) is 8.52. The topological polar surface area (TPSA) is 97.8 Å². The van der Waals surface area contributed by atoms with Gasteiger partial charge in [-0.15, -0.1) is 0 Å². The van der Waals surface area contributed by atoms with E-state index in [1.165, 1.54) is 36.3 Å². The first-order valence-corrected chi connectivity index (χ1v) is 10.6. The number of aromatic nitrogens is 1. The van der Waals surface area contributed by atoms with Crippen molar-refractivity contribution in [3.05, 3.63) is 65.3 Å². The van der Waals surface area contributed by atoms with Crippen LogP contribution in [0.5, 0.6) is 17.2 Å². The van der Waals surface area contributed by atoms with Crippen LogP contribution in [0.2, 0.25) is 5.02 Å². The Balaban J connectivity index is 1.74. The summed E-state index contributed by atoms with van der Waals surface area (Å²) in [5.41, 5.74) is 0.271. The van der Waals surface area contributed by atoms with Crippen LogP contribution in [0, 0.1) is 0 Å². The van der Waals surface area contributed by atoms with E-state index in [0.717, 1.165) is 0 Å². The number of halogens is 1. The number of anilines is 2. The number of nitrogens with zero attached hydrogens (tertiary/aromatic N) is 2. The first kappa shape index (κ1) is 20.0. The Morgan fingerprint density at radius 3 is 2.70 bits per heavy atom. The van der Waals surface area contributed by atoms with Crippen molar-refractivity contribution in [2.75, 3.05) is 23.8 Å². The summed E-state index contributed by atoms with van der Waals surface area (Å²) in [5, 5.41) is 0.339. The lowest BCUT2D eigenvalue weighted by Gasteiger charge is -2.15. The van der Waals surface area contributed by atoms with Crippen molar-refractivity contribution in [2.45, 2.75) is 4.90 Å². The van der Waals surface area contributed by atoms with Gasteiger partial charge in [-0.25, -0.2) is 13.4 Å². The average Bonchev–Trinajstić information content (AvgIpc) is 2.83. The molecule has 0 fully saturated rings. The molecule has 10 heteroatoms. The minimum Gasteiger partial charge on any atom is -0.495 e. The summed E-state index contributed by atoms with van der Waals surface area (Å²) in [4.78, 5) is 18.3. The molecule has 0 spiro atoms. The lowest BCUT2D eigenvalue weighted by Crippen LogP contribution is -2.26. The summed E-state index contributed by atoms with van der Waals surface area (Å²) >= 11 is 5.98. The summed E-state index contributed by atoms with van der Waals surface area (Å²) in [6.07, 6.45) is 1.54. The minimum atomic E-state index is -4.05. The van der Waals surface area contributed by atoms with E-state index in [2.05, 4.69) is 9.71 Å². The minimum absolute atomic E-state index is 0.0939. The Bertz CT molecular complexity index is 1260. The zero-order valence-electron chi connectivity index (χ0n) is 15.9. The number of pyridine rings is 1. The molecule has 1 aromatic heterocycles. The van der Waals surface area contributed by atoms with Gasteiger partial charge in [-0.3, -0.25) is 14.4 Å². The molecule has 8 nitrogen and oxygen atoms in total. The zero-order valence-corrected chi connectivity index (χ0v) is 17.5. The van der Waals surface area contributed by atoms with Crippen molar-refractivity contribution in [2.24, 2.45) is 0 Å². The van der Waals surface area contributed by atoms with Crippen molar-refractivity contribution >= 4 is 39.0 Å². The molecular formula is C20H16ClN3O5S. The van der Waals surface area contributed by atoms with Gasteiger partial charge in [0.15, 0.2) is 11.6 Å². The Hall–Kier alpha value is -3.30. The molecule has 0 aliphatic carbocycles. The number of sulfonamides is 1. The monoisotopic (exact) mass is 445 g/mol. The van der Waals surface area contributed by atoms with Crippen molar-refractivity contribution in [1.82, 2.24) is 4.98 Å². The fourth-order valence-electron chi connectivity index (χ4n) is 3.01. The number of benzene rings is 2. The van der Waals surface area contributed by atoms with E-state index in [0.29, 0.717) is 22.3 Å². The van der Waals surface area contributed by atoms with Crippen LogP contribution in [-0.4, -0.2) is 33.5 Å². The largest absolute Gasteiger partial charge is 0.495 e. The summed E-state index contributed by atoms with van der Waals surface area (Å²) in [6, 6.07) is 12.0. The van der Waals surface area contributed by atoms with Gasteiger partial charge in [0, 0.05) is 18.3 Å². The van der Waals surface area contributed by atoms with Crippen LogP contribution in [0.25, 0.3) is 0 Å². The molecule has 0 saturated carbocycles. The molecule has 30 heavy (non-hydrogen) atoms. The molecule has 1 N–H and O–H groups in total. The van der Waals surface area contributed by atoms with Crippen LogP contribution in [0.1, 0.15) is 10.4 Å². The summed E-state index contributed by atoms with van der Waals surface area (Å²) in [7, 11) is -1.08. The van der Waals surface area contributed by atoms with Crippen LogP contribution in [-0.2, 0) is 10.0 Å². The van der Waals surface area contributed by atoms with E-state index in [1.54, 1.807) is 37.5 Å². The van der Waals surface area contributed by atoms with Crippen LogP contribution in [0.15, 0.2) is 59.6 Å². The maximum absolute atomic E-state index is 13.0. The standard InChI is InChI=1S/C20H16ClN3O5S/c1-24-19-18(4-3-9-22-19)29-16-8-6-13(11-14(16)20(24)25)30(26,27)23-15-10-12(21)5-7-17(15)28-2/h3-11,23H,1-2H3. The number of fused-ring (bicyclic) bond motifs is 2. The number of hydrogen-bond acceptors (Lipinski definition) is 6. The second-order valence-electron chi connectivity index (χ2n) is 6.40. The van der Waals surface area contributed by atoms with Crippen LogP contribution in [0.3, 0.4) is 0 Å². The number of carbonyl (C=O) groups excluding carboxylic acids is 1. The number of methoxy groups -OCH3 is 1. The van der Waals surface area contributed by atoms with E-state index in [4.69, 9.17) is 21.1 Å². The molecule has 4 rings (SSSR count). The Kier molecular flexibility index (Phi) is 5.00. The number of amides is 1. The van der Waals surface area contributed by atoms with Crippen molar-refractivity contribution in [1.29, 1.82) is 0 Å². The maximum atomic E-state index is 13.0. The second kappa shape index (κ2) is 7.51. The van der Waals surface area contributed by atoms with Gasteiger partial charge in [0.05, 0.1) is 23.3 Å². The van der Waals surface area contributed by atoms with Gasteiger partial charge >= 0.3 is 0 Å². The van der Waals surface area contributed by atoms with Gasteiger partial charge in [0.25, 0.3) is 15.9 Å². The Morgan fingerprint density at radius 2 is 1.93 bits per heavy atom. The van der Waals surface area contributed by atoms with Gasteiger partial charge in [0.1, 0.15) is 11.5 Å². The first-order valence-electron chi connectivity index (χ1n) is 8.71. The quantitative estimate of drug-likeness (QED) is 0.653. The van der Waals surface area contributed by atoms with E-state index < -0.39 is 15.9 Å². The van der Waals surface area contributed by atoms with E-state index in [9.17, 15) is 13.2 Å². The van der Waals surface area contributed by atoms with E-state index in [1.807, 2.05) is 0 Å². The fourth-order valence-corrected chi connectivity index (χ4v) is 4.26. The van der Waals surface area contributed by atoms with Crippen molar-refractivity contribution in [3.8, 4) is 17.2 Å².